The monoisotopic (exact) mass is 507 g/mol. The van der Waals surface area contributed by atoms with Crippen LogP contribution in [0.5, 0.6) is 0 Å². The number of para-hydroxylation sites is 2. The van der Waals surface area contributed by atoms with Crippen LogP contribution in [0, 0.1) is 0 Å². The molecule has 33 heavy (non-hydrogen) atoms. The minimum Gasteiger partial charge on any atom is -0.309 e. The van der Waals surface area contributed by atoms with Crippen molar-refractivity contribution in [2.24, 2.45) is 0 Å². The predicted molar refractivity (Wildman–Crippen MR) is 144 cm³/mol. The minimum absolute atomic E-state index is 0.731. The molecule has 6 rings (SSSR count). The number of hydrogen-bond donors (Lipinski definition) is 0. The van der Waals surface area contributed by atoms with Crippen molar-refractivity contribution in [1.82, 2.24) is 4.57 Å². The quantitative estimate of drug-likeness (QED) is 0.224. The Kier molecular flexibility index (Phi) is 5.05. The third-order valence-corrected chi connectivity index (χ3v) is 6.90. The number of halogens is 2. The third-order valence-electron chi connectivity index (χ3n) is 6.14. The first-order valence-corrected chi connectivity index (χ1v) is 12.0. The average molecular weight is 509 g/mol. The molecule has 0 aliphatic heterocycles. The highest BCUT2D eigenvalue weighted by Crippen LogP contribution is 2.42. The molecule has 0 amide bonds. The van der Waals surface area contributed by atoms with Gasteiger partial charge in [0.1, 0.15) is 0 Å². The van der Waals surface area contributed by atoms with Crippen LogP contribution in [0.15, 0.2) is 120 Å². The van der Waals surface area contributed by atoms with E-state index in [-0.39, 0.29) is 0 Å². The van der Waals surface area contributed by atoms with Crippen molar-refractivity contribution in [2.75, 3.05) is 0 Å². The number of benzene rings is 5. The van der Waals surface area contributed by atoms with Crippen LogP contribution >= 0.6 is 27.5 Å². The number of hydrogen-bond acceptors (Lipinski definition) is 0. The largest absolute Gasteiger partial charge is 0.309 e. The van der Waals surface area contributed by atoms with Crippen LogP contribution in [0.2, 0.25) is 5.02 Å². The second kappa shape index (κ2) is 8.22. The summed E-state index contributed by atoms with van der Waals surface area (Å²) in [5.41, 5.74) is 8.16. The molecule has 1 aromatic heterocycles. The normalized spacial score (nSPS) is 11.3. The SMILES string of the molecule is Clc1ccc(-c2ccc(Br)cc2)c(-c2cccc3c2c2ccccc2n3-c2ccccc2)c1. The summed E-state index contributed by atoms with van der Waals surface area (Å²) < 4.78 is 3.41. The maximum absolute atomic E-state index is 6.54. The lowest BCUT2D eigenvalue weighted by Crippen LogP contribution is -1.93. The van der Waals surface area contributed by atoms with E-state index in [9.17, 15) is 0 Å². The molecule has 1 nitrogen and oxygen atoms in total. The molecular formula is C30H19BrClN. The second-order valence-electron chi connectivity index (χ2n) is 8.08. The molecule has 0 aliphatic rings. The van der Waals surface area contributed by atoms with Gasteiger partial charge in [-0.15, -0.1) is 0 Å². The summed E-state index contributed by atoms with van der Waals surface area (Å²) in [6.07, 6.45) is 0. The Labute approximate surface area is 206 Å². The van der Waals surface area contributed by atoms with Crippen molar-refractivity contribution in [1.29, 1.82) is 0 Å². The molecule has 0 radical (unpaired) electrons. The second-order valence-corrected chi connectivity index (χ2v) is 9.44. The van der Waals surface area contributed by atoms with Gasteiger partial charge in [0, 0.05) is 26.0 Å². The van der Waals surface area contributed by atoms with Gasteiger partial charge in [-0.1, -0.05) is 94.3 Å². The van der Waals surface area contributed by atoms with E-state index in [0.29, 0.717) is 0 Å². The zero-order chi connectivity index (χ0) is 22.4. The van der Waals surface area contributed by atoms with Crippen LogP contribution in [-0.2, 0) is 0 Å². The number of nitrogens with zero attached hydrogens (tertiary/aromatic N) is 1. The standard InChI is InChI=1S/C30H19BrClN/c31-21-15-13-20(14-16-21)24-18-17-22(32)19-27(24)25-10-6-12-29-30(25)26-9-4-5-11-28(26)33(29)23-7-2-1-3-8-23/h1-19H. The van der Waals surface area contributed by atoms with Crippen molar-refractivity contribution < 1.29 is 0 Å². The maximum Gasteiger partial charge on any atom is 0.0547 e. The van der Waals surface area contributed by atoms with Crippen LogP contribution in [0.3, 0.4) is 0 Å². The first kappa shape index (κ1) is 20.3. The van der Waals surface area contributed by atoms with E-state index in [2.05, 4.69) is 130 Å². The molecule has 158 valence electrons. The van der Waals surface area contributed by atoms with Gasteiger partial charge in [0.2, 0.25) is 0 Å². The average Bonchev–Trinajstić information content (AvgIpc) is 3.20. The van der Waals surface area contributed by atoms with Crippen molar-refractivity contribution in [3.05, 3.63) is 125 Å². The van der Waals surface area contributed by atoms with Gasteiger partial charge in [0.05, 0.1) is 11.0 Å². The maximum atomic E-state index is 6.54. The number of fused-ring (bicyclic) bond motifs is 3. The van der Waals surface area contributed by atoms with Crippen LogP contribution in [0.4, 0.5) is 0 Å². The molecule has 0 bridgehead atoms. The summed E-state index contributed by atoms with van der Waals surface area (Å²) in [7, 11) is 0. The Bertz CT molecular complexity index is 1620. The topological polar surface area (TPSA) is 4.93 Å². The van der Waals surface area contributed by atoms with E-state index < -0.39 is 0 Å². The fourth-order valence-electron chi connectivity index (χ4n) is 4.72. The van der Waals surface area contributed by atoms with Gasteiger partial charge >= 0.3 is 0 Å². The number of rotatable bonds is 3. The van der Waals surface area contributed by atoms with Gasteiger partial charge in [-0.25, -0.2) is 0 Å². The zero-order valence-corrected chi connectivity index (χ0v) is 20.0. The molecule has 0 saturated carbocycles. The van der Waals surface area contributed by atoms with Gasteiger partial charge < -0.3 is 4.57 Å². The van der Waals surface area contributed by atoms with E-state index in [1.807, 2.05) is 6.07 Å². The molecular weight excluding hydrogens is 490 g/mol. The van der Waals surface area contributed by atoms with Crippen molar-refractivity contribution in [3.63, 3.8) is 0 Å². The van der Waals surface area contributed by atoms with Crippen LogP contribution in [0.25, 0.3) is 49.7 Å². The van der Waals surface area contributed by atoms with Gasteiger partial charge in [0.25, 0.3) is 0 Å². The molecule has 0 unspecified atom stereocenters. The Hall–Kier alpha value is -3.33. The zero-order valence-electron chi connectivity index (χ0n) is 17.7. The van der Waals surface area contributed by atoms with E-state index in [1.165, 1.54) is 27.4 Å². The van der Waals surface area contributed by atoms with Gasteiger partial charge in [-0.05, 0) is 70.8 Å². The molecule has 0 fully saturated rings. The predicted octanol–water partition coefficient (Wildman–Crippen LogP) is 9.53. The van der Waals surface area contributed by atoms with Gasteiger partial charge in [-0.2, -0.15) is 0 Å². The van der Waals surface area contributed by atoms with Crippen LogP contribution in [0.1, 0.15) is 0 Å². The highest BCUT2D eigenvalue weighted by Gasteiger charge is 2.18. The van der Waals surface area contributed by atoms with E-state index in [4.69, 9.17) is 11.6 Å². The van der Waals surface area contributed by atoms with E-state index in [0.717, 1.165) is 31.9 Å². The summed E-state index contributed by atoms with van der Waals surface area (Å²) in [5, 5.41) is 3.20. The molecule has 3 heteroatoms. The highest BCUT2D eigenvalue weighted by molar-refractivity contribution is 9.10. The molecule has 0 aliphatic carbocycles. The van der Waals surface area contributed by atoms with Gasteiger partial charge in [0.15, 0.2) is 0 Å². The summed E-state index contributed by atoms with van der Waals surface area (Å²) in [4.78, 5) is 0. The van der Waals surface area contributed by atoms with E-state index >= 15 is 0 Å². The summed E-state index contributed by atoms with van der Waals surface area (Å²) in [6.45, 7) is 0. The summed E-state index contributed by atoms with van der Waals surface area (Å²) in [5.74, 6) is 0. The minimum atomic E-state index is 0.731. The van der Waals surface area contributed by atoms with Crippen LogP contribution < -0.4 is 0 Å². The fraction of sp³-hybridized carbons (Fsp3) is 0. The van der Waals surface area contributed by atoms with Gasteiger partial charge in [-0.3, -0.25) is 0 Å². The highest BCUT2D eigenvalue weighted by atomic mass is 79.9. The Morgan fingerprint density at radius 2 is 1.30 bits per heavy atom. The number of aromatic nitrogens is 1. The Morgan fingerprint density at radius 3 is 2.12 bits per heavy atom. The molecule has 0 saturated heterocycles. The Balaban J connectivity index is 1.71. The lowest BCUT2D eigenvalue weighted by atomic mass is 9.92. The lowest BCUT2D eigenvalue weighted by molar-refractivity contribution is 1.18. The first-order valence-electron chi connectivity index (χ1n) is 10.8. The summed E-state index contributed by atoms with van der Waals surface area (Å²) in [6, 6.07) is 40.3. The molecule has 0 N–H and O–H groups in total. The summed E-state index contributed by atoms with van der Waals surface area (Å²) >= 11 is 10.1. The van der Waals surface area contributed by atoms with E-state index in [1.54, 1.807) is 0 Å². The smallest absolute Gasteiger partial charge is 0.0547 e. The van der Waals surface area contributed by atoms with Crippen molar-refractivity contribution in [3.8, 4) is 27.9 Å². The molecule has 6 aromatic rings. The van der Waals surface area contributed by atoms with Crippen molar-refractivity contribution in [2.45, 2.75) is 0 Å². The fourth-order valence-corrected chi connectivity index (χ4v) is 5.16. The molecule has 1 heterocycles. The van der Waals surface area contributed by atoms with Crippen molar-refractivity contribution >= 4 is 49.3 Å². The molecule has 0 atom stereocenters. The lowest BCUT2D eigenvalue weighted by Gasteiger charge is -2.13. The molecule has 5 aromatic carbocycles. The Morgan fingerprint density at radius 1 is 0.576 bits per heavy atom. The van der Waals surface area contributed by atoms with Crippen LogP contribution in [-0.4, -0.2) is 4.57 Å². The molecule has 0 spiro atoms. The third kappa shape index (κ3) is 3.47. The first-order chi connectivity index (χ1) is 16.2.